The standard InChI is InChI=1S/C17H18N2O3/c1-17(2)9-11-8-15(21)19(18-16(11)13(20)10-17)12-6-4-5-7-14(12)22-3/h4-8H,9-10H2,1-3H3. The van der Waals surface area contributed by atoms with Gasteiger partial charge in [0, 0.05) is 12.5 Å². The van der Waals surface area contributed by atoms with Gasteiger partial charge in [0.05, 0.1) is 7.11 Å². The molecule has 0 aliphatic heterocycles. The fourth-order valence-electron chi connectivity index (χ4n) is 2.94. The summed E-state index contributed by atoms with van der Waals surface area (Å²) in [4.78, 5) is 24.8. The molecule has 0 saturated carbocycles. The van der Waals surface area contributed by atoms with Crippen molar-refractivity contribution in [3.05, 3.63) is 51.9 Å². The minimum atomic E-state index is -0.256. The van der Waals surface area contributed by atoms with Gasteiger partial charge in [-0.25, -0.2) is 0 Å². The van der Waals surface area contributed by atoms with Crippen LogP contribution in [0.4, 0.5) is 0 Å². The monoisotopic (exact) mass is 298 g/mol. The van der Waals surface area contributed by atoms with Crippen molar-refractivity contribution in [1.29, 1.82) is 0 Å². The fraction of sp³-hybridized carbons (Fsp3) is 0.353. The van der Waals surface area contributed by atoms with E-state index in [0.717, 1.165) is 5.56 Å². The average molecular weight is 298 g/mol. The van der Waals surface area contributed by atoms with Crippen LogP contribution >= 0.6 is 0 Å². The summed E-state index contributed by atoms with van der Waals surface area (Å²) in [5.74, 6) is 0.524. The molecule has 0 atom stereocenters. The molecule has 0 spiro atoms. The van der Waals surface area contributed by atoms with E-state index in [2.05, 4.69) is 5.10 Å². The smallest absolute Gasteiger partial charge is 0.271 e. The van der Waals surface area contributed by atoms with Gasteiger partial charge in [-0.1, -0.05) is 26.0 Å². The average Bonchev–Trinajstić information content (AvgIpc) is 2.45. The number of benzene rings is 1. The van der Waals surface area contributed by atoms with E-state index in [1.807, 2.05) is 19.9 Å². The van der Waals surface area contributed by atoms with Crippen molar-refractivity contribution in [3.63, 3.8) is 0 Å². The minimum absolute atomic E-state index is 0.0186. The molecule has 0 saturated heterocycles. The van der Waals surface area contributed by atoms with Crippen LogP contribution in [0.5, 0.6) is 5.75 Å². The highest BCUT2D eigenvalue weighted by Crippen LogP contribution is 2.33. The number of ketones is 1. The summed E-state index contributed by atoms with van der Waals surface area (Å²) in [7, 11) is 1.54. The second-order valence-electron chi connectivity index (χ2n) is 6.38. The third-order valence-electron chi connectivity index (χ3n) is 3.90. The zero-order valence-electron chi connectivity index (χ0n) is 12.9. The first kappa shape index (κ1) is 14.5. The molecule has 1 aromatic carbocycles. The highest BCUT2D eigenvalue weighted by molar-refractivity contribution is 5.97. The predicted octanol–water partition coefficient (Wildman–Crippen LogP) is 2.40. The largest absolute Gasteiger partial charge is 0.494 e. The van der Waals surface area contributed by atoms with Crippen LogP contribution < -0.4 is 10.3 Å². The Morgan fingerprint density at radius 1 is 1.18 bits per heavy atom. The fourth-order valence-corrected chi connectivity index (χ4v) is 2.94. The molecule has 1 heterocycles. The second kappa shape index (κ2) is 5.09. The first-order chi connectivity index (χ1) is 10.4. The Labute approximate surface area is 128 Å². The first-order valence-corrected chi connectivity index (χ1v) is 7.21. The van der Waals surface area contributed by atoms with Gasteiger partial charge in [0.1, 0.15) is 17.1 Å². The molecule has 5 nitrogen and oxygen atoms in total. The van der Waals surface area contributed by atoms with Crippen molar-refractivity contribution in [2.45, 2.75) is 26.7 Å². The maximum atomic E-state index is 12.4. The summed E-state index contributed by atoms with van der Waals surface area (Å²) < 4.78 is 6.52. The molecule has 0 fully saturated rings. The Morgan fingerprint density at radius 2 is 1.91 bits per heavy atom. The molecule has 114 valence electrons. The number of hydrogen-bond donors (Lipinski definition) is 0. The highest BCUT2D eigenvalue weighted by atomic mass is 16.5. The number of rotatable bonds is 2. The van der Waals surface area contributed by atoms with Gasteiger partial charge >= 0.3 is 0 Å². The van der Waals surface area contributed by atoms with Gasteiger partial charge in [0.15, 0.2) is 5.78 Å². The third kappa shape index (κ3) is 2.43. The minimum Gasteiger partial charge on any atom is -0.494 e. The molecule has 1 aliphatic rings. The lowest BCUT2D eigenvalue weighted by atomic mass is 9.75. The lowest BCUT2D eigenvalue weighted by molar-refractivity contribution is 0.0903. The Kier molecular flexibility index (Phi) is 3.35. The van der Waals surface area contributed by atoms with Crippen LogP contribution in [0.2, 0.25) is 0 Å². The number of nitrogens with zero attached hydrogens (tertiary/aromatic N) is 2. The summed E-state index contributed by atoms with van der Waals surface area (Å²) in [5, 5.41) is 4.31. The van der Waals surface area contributed by atoms with E-state index in [9.17, 15) is 9.59 Å². The molecule has 22 heavy (non-hydrogen) atoms. The van der Waals surface area contributed by atoms with E-state index < -0.39 is 0 Å². The lowest BCUT2D eigenvalue weighted by Crippen LogP contribution is -2.33. The molecule has 3 rings (SSSR count). The SMILES string of the molecule is COc1ccccc1-n1nc2c(cc1=O)CC(C)(C)CC2=O. The second-order valence-corrected chi connectivity index (χ2v) is 6.38. The topological polar surface area (TPSA) is 61.2 Å². The highest BCUT2D eigenvalue weighted by Gasteiger charge is 2.33. The van der Waals surface area contributed by atoms with Crippen molar-refractivity contribution in [3.8, 4) is 11.4 Å². The van der Waals surface area contributed by atoms with Gasteiger partial charge < -0.3 is 4.74 Å². The van der Waals surface area contributed by atoms with Gasteiger partial charge in [0.2, 0.25) is 0 Å². The molecular weight excluding hydrogens is 280 g/mol. The molecule has 0 amide bonds. The van der Waals surface area contributed by atoms with E-state index >= 15 is 0 Å². The zero-order chi connectivity index (χ0) is 15.9. The molecule has 5 heteroatoms. The van der Waals surface area contributed by atoms with E-state index in [1.165, 1.54) is 17.9 Å². The van der Waals surface area contributed by atoms with E-state index in [4.69, 9.17) is 4.74 Å². The van der Waals surface area contributed by atoms with E-state index in [1.54, 1.807) is 18.2 Å². The van der Waals surface area contributed by atoms with Crippen molar-refractivity contribution < 1.29 is 9.53 Å². The number of hydrogen-bond acceptors (Lipinski definition) is 4. The number of carbonyl (C=O) groups is 1. The molecule has 2 aromatic rings. The summed E-state index contributed by atoms with van der Waals surface area (Å²) in [5.41, 5.74) is 1.28. The zero-order valence-corrected chi connectivity index (χ0v) is 12.9. The molecule has 0 N–H and O–H groups in total. The van der Waals surface area contributed by atoms with Gasteiger partial charge in [0.25, 0.3) is 5.56 Å². The van der Waals surface area contributed by atoms with Crippen LogP contribution in [0, 0.1) is 5.41 Å². The van der Waals surface area contributed by atoms with E-state index in [0.29, 0.717) is 30.0 Å². The maximum Gasteiger partial charge on any atom is 0.271 e. The Hall–Kier alpha value is -2.43. The summed E-state index contributed by atoms with van der Waals surface area (Å²) >= 11 is 0. The van der Waals surface area contributed by atoms with Crippen molar-refractivity contribution in [2.75, 3.05) is 7.11 Å². The summed E-state index contributed by atoms with van der Waals surface area (Å²) in [6, 6.07) is 8.65. The number of para-hydroxylation sites is 2. The van der Waals surface area contributed by atoms with Crippen LogP contribution in [-0.4, -0.2) is 22.7 Å². The summed E-state index contributed by atoms with van der Waals surface area (Å²) in [6.07, 6.45) is 1.13. The van der Waals surface area contributed by atoms with Gasteiger partial charge in [-0.2, -0.15) is 9.78 Å². The molecule has 0 bridgehead atoms. The Balaban J connectivity index is 2.19. The number of methoxy groups -OCH3 is 1. The molecule has 1 aromatic heterocycles. The number of ether oxygens (including phenoxy) is 1. The van der Waals surface area contributed by atoms with Crippen LogP contribution in [0.3, 0.4) is 0 Å². The van der Waals surface area contributed by atoms with Crippen molar-refractivity contribution >= 4 is 5.78 Å². The number of fused-ring (bicyclic) bond motifs is 1. The predicted molar refractivity (Wildman–Crippen MR) is 82.8 cm³/mol. The molecule has 0 unspecified atom stereocenters. The first-order valence-electron chi connectivity index (χ1n) is 7.21. The maximum absolute atomic E-state index is 12.4. The van der Waals surface area contributed by atoms with Crippen molar-refractivity contribution in [2.24, 2.45) is 5.41 Å². The lowest BCUT2D eigenvalue weighted by Gasteiger charge is -2.29. The number of Topliss-reactive ketones (excluding diaryl/α,β-unsaturated/α-hetero) is 1. The number of carbonyl (C=O) groups excluding carboxylic acids is 1. The normalized spacial score (nSPS) is 16.2. The van der Waals surface area contributed by atoms with E-state index in [-0.39, 0.29) is 16.8 Å². The molecule has 0 radical (unpaired) electrons. The Morgan fingerprint density at radius 3 is 2.64 bits per heavy atom. The van der Waals surface area contributed by atoms with Crippen LogP contribution in [0.15, 0.2) is 35.1 Å². The quantitative estimate of drug-likeness (QED) is 0.854. The van der Waals surface area contributed by atoms with Crippen LogP contribution in [0.25, 0.3) is 5.69 Å². The van der Waals surface area contributed by atoms with Gasteiger partial charge in [-0.3, -0.25) is 9.59 Å². The van der Waals surface area contributed by atoms with Crippen molar-refractivity contribution in [1.82, 2.24) is 9.78 Å². The summed E-state index contributed by atoms with van der Waals surface area (Å²) in [6.45, 7) is 4.05. The third-order valence-corrected chi connectivity index (χ3v) is 3.90. The molecule has 1 aliphatic carbocycles. The van der Waals surface area contributed by atoms with Crippen LogP contribution in [0.1, 0.15) is 36.3 Å². The van der Waals surface area contributed by atoms with Gasteiger partial charge in [-0.05, 0) is 29.5 Å². The molecular formula is C17H18N2O3. The van der Waals surface area contributed by atoms with Gasteiger partial charge in [-0.15, -0.1) is 0 Å². The van der Waals surface area contributed by atoms with Crippen LogP contribution in [-0.2, 0) is 6.42 Å². The Bertz CT molecular complexity index is 806. The number of aromatic nitrogens is 2.